The second-order valence-electron chi connectivity index (χ2n) is 8.03. The highest BCUT2D eigenvalue weighted by molar-refractivity contribution is 7.22. The lowest BCUT2D eigenvalue weighted by Crippen LogP contribution is -2.31. The standard InChI is InChI=1S/C25H26N2O2S/c1-16(2)20-9-7-19(8-10-20)14-24(28)27(15-21-6-5-11-29-21)25-26-22-12-17(3)18(4)13-23(22)30-25/h5-13,16H,14-15H2,1-4H3. The molecule has 5 heteroatoms. The first-order chi connectivity index (χ1) is 14.4. The van der Waals surface area contributed by atoms with Crippen molar-refractivity contribution in [3.8, 4) is 0 Å². The molecule has 0 saturated carbocycles. The first kappa shape index (κ1) is 20.4. The van der Waals surface area contributed by atoms with Crippen molar-refractivity contribution in [1.82, 2.24) is 4.98 Å². The van der Waals surface area contributed by atoms with E-state index in [9.17, 15) is 4.79 Å². The number of amides is 1. The molecule has 0 bridgehead atoms. The number of fused-ring (bicyclic) bond motifs is 1. The van der Waals surface area contributed by atoms with E-state index in [1.165, 1.54) is 16.7 Å². The SMILES string of the molecule is Cc1cc2nc(N(Cc3ccco3)C(=O)Cc3ccc(C(C)C)cc3)sc2cc1C. The summed E-state index contributed by atoms with van der Waals surface area (Å²) < 4.78 is 6.61. The fraction of sp³-hybridized carbons (Fsp3) is 0.280. The Bertz CT molecular complexity index is 1120. The average molecular weight is 419 g/mol. The summed E-state index contributed by atoms with van der Waals surface area (Å²) in [5.41, 5.74) is 5.63. The second kappa shape index (κ2) is 8.44. The van der Waals surface area contributed by atoms with Crippen LogP contribution in [0, 0.1) is 13.8 Å². The minimum absolute atomic E-state index is 0.0104. The van der Waals surface area contributed by atoms with E-state index in [-0.39, 0.29) is 5.91 Å². The molecule has 0 saturated heterocycles. The van der Waals surface area contributed by atoms with E-state index in [0.29, 0.717) is 24.0 Å². The molecule has 2 heterocycles. The van der Waals surface area contributed by atoms with Crippen LogP contribution in [-0.2, 0) is 17.8 Å². The van der Waals surface area contributed by atoms with E-state index in [4.69, 9.17) is 9.40 Å². The van der Waals surface area contributed by atoms with Gasteiger partial charge in [-0.15, -0.1) is 0 Å². The van der Waals surface area contributed by atoms with Gasteiger partial charge in [-0.05, 0) is 66.3 Å². The highest BCUT2D eigenvalue weighted by Crippen LogP contribution is 2.32. The van der Waals surface area contributed by atoms with Crippen molar-refractivity contribution in [2.45, 2.75) is 46.6 Å². The smallest absolute Gasteiger partial charge is 0.233 e. The zero-order valence-corrected chi connectivity index (χ0v) is 18.6. The van der Waals surface area contributed by atoms with Gasteiger partial charge in [0.2, 0.25) is 5.91 Å². The van der Waals surface area contributed by atoms with Gasteiger partial charge < -0.3 is 4.42 Å². The number of carbonyl (C=O) groups excluding carboxylic acids is 1. The molecule has 4 aromatic rings. The fourth-order valence-corrected chi connectivity index (χ4v) is 4.46. The molecule has 0 atom stereocenters. The first-order valence-electron chi connectivity index (χ1n) is 10.2. The van der Waals surface area contributed by atoms with Gasteiger partial charge in [0.15, 0.2) is 5.13 Å². The Morgan fingerprint density at radius 3 is 2.50 bits per heavy atom. The van der Waals surface area contributed by atoms with E-state index < -0.39 is 0 Å². The van der Waals surface area contributed by atoms with Crippen molar-refractivity contribution in [1.29, 1.82) is 0 Å². The van der Waals surface area contributed by atoms with Gasteiger partial charge in [-0.1, -0.05) is 49.4 Å². The average Bonchev–Trinajstić information content (AvgIpc) is 3.36. The van der Waals surface area contributed by atoms with Gasteiger partial charge in [-0.3, -0.25) is 9.69 Å². The van der Waals surface area contributed by atoms with Crippen LogP contribution in [0.3, 0.4) is 0 Å². The molecule has 30 heavy (non-hydrogen) atoms. The lowest BCUT2D eigenvalue weighted by Gasteiger charge is -2.19. The predicted octanol–water partition coefficient (Wildman–Crippen LogP) is 6.41. The molecule has 0 aliphatic carbocycles. The molecular weight excluding hydrogens is 392 g/mol. The summed E-state index contributed by atoms with van der Waals surface area (Å²) in [7, 11) is 0. The molecule has 0 aliphatic heterocycles. The number of anilines is 1. The molecule has 0 N–H and O–H groups in total. The predicted molar refractivity (Wildman–Crippen MR) is 123 cm³/mol. The largest absolute Gasteiger partial charge is 0.467 e. The number of benzene rings is 2. The molecule has 4 nitrogen and oxygen atoms in total. The molecule has 4 rings (SSSR count). The summed E-state index contributed by atoms with van der Waals surface area (Å²) in [6, 6.07) is 16.3. The van der Waals surface area contributed by atoms with Gasteiger partial charge >= 0.3 is 0 Å². The number of aromatic nitrogens is 1. The molecule has 154 valence electrons. The van der Waals surface area contributed by atoms with Crippen LogP contribution in [0.1, 0.15) is 47.8 Å². The molecule has 0 fully saturated rings. The van der Waals surface area contributed by atoms with Crippen molar-refractivity contribution in [2.75, 3.05) is 4.90 Å². The third-order valence-electron chi connectivity index (χ3n) is 5.42. The highest BCUT2D eigenvalue weighted by atomic mass is 32.1. The maximum atomic E-state index is 13.3. The fourth-order valence-electron chi connectivity index (χ4n) is 3.39. The van der Waals surface area contributed by atoms with Crippen LogP contribution in [-0.4, -0.2) is 10.9 Å². The normalized spacial score (nSPS) is 11.4. The van der Waals surface area contributed by atoms with E-state index in [1.807, 2.05) is 24.3 Å². The minimum Gasteiger partial charge on any atom is -0.467 e. The highest BCUT2D eigenvalue weighted by Gasteiger charge is 2.22. The topological polar surface area (TPSA) is 46.3 Å². The Balaban J connectivity index is 1.64. The molecular formula is C25H26N2O2S. The lowest BCUT2D eigenvalue weighted by atomic mass is 10.0. The monoisotopic (exact) mass is 418 g/mol. The number of carbonyl (C=O) groups is 1. The zero-order valence-electron chi connectivity index (χ0n) is 17.8. The van der Waals surface area contributed by atoms with Crippen LogP contribution < -0.4 is 4.90 Å². The summed E-state index contributed by atoms with van der Waals surface area (Å²) in [5, 5.41) is 0.704. The zero-order chi connectivity index (χ0) is 21.3. The van der Waals surface area contributed by atoms with Gasteiger partial charge in [0.05, 0.1) is 29.4 Å². The quantitative estimate of drug-likeness (QED) is 0.364. The molecule has 0 unspecified atom stereocenters. The van der Waals surface area contributed by atoms with Crippen molar-refractivity contribution in [2.24, 2.45) is 0 Å². The molecule has 0 aliphatic rings. The van der Waals surface area contributed by atoms with Crippen LogP contribution >= 0.6 is 11.3 Å². The van der Waals surface area contributed by atoms with Crippen molar-refractivity contribution in [3.63, 3.8) is 0 Å². The molecule has 1 amide bonds. The van der Waals surface area contributed by atoms with Gasteiger partial charge in [-0.25, -0.2) is 4.98 Å². The first-order valence-corrected chi connectivity index (χ1v) is 11.0. The number of aryl methyl sites for hydroxylation is 2. The molecule has 2 aromatic carbocycles. The Morgan fingerprint density at radius 1 is 1.10 bits per heavy atom. The van der Waals surface area contributed by atoms with Gasteiger partial charge in [0.1, 0.15) is 5.76 Å². The van der Waals surface area contributed by atoms with E-state index >= 15 is 0 Å². The minimum atomic E-state index is 0.0104. The van der Waals surface area contributed by atoms with Crippen LogP contribution in [0.4, 0.5) is 5.13 Å². The molecule has 2 aromatic heterocycles. The Kier molecular flexibility index (Phi) is 5.73. The second-order valence-corrected chi connectivity index (χ2v) is 9.04. The summed E-state index contributed by atoms with van der Waals surface area (Å²) in [6.45, 7) is 8.89. The summed E-state index contributed by atoms with van der Waals surface area (Å²) in [4.78, 5) is 19.8. The van der Waals surface area contributed by atoms with E-state index in [0.717, 1.165) is 21.5 Å². The van der Waals surface area contributed by atoms with Gasteiger partial charge in [0.25, 0.3) is 0 Å². The molecule has 0 radical (unpaired) electrons. The number of rotatable bonds is 6. The summed E-state index contributed by atoms with van der Waals surface area (Å²) >= 11 is 1.55. The lowest BCUT2D eigenvalue weighted by molar-refractivity contribution is -0.118. The van der Waals surface area contributed by atoms with Crippen molar-refractivity contribution >= 4 is 32.6 Å². The van der Waals surface area contributed by atoms with Crippen molar-refractivity contribution in [3.05, 3.63) is 82.8 Å². The third-order valence-corrected chi connectivity index (χ3v) is 6.46. The Labute approximate surface area is 181 Å². The molecule has 0 spiro atoms. The number of hydrogen-bond acceptors (Lipinski definition) is 4. The van der Waals surface area contributed by atoms with Crippen LogP contribution in [0.2, 0.25) is 0 Å². The van der Waals surface area contributed by atoms with Gasteiger partial charge in [-0.2, -0.15) is 0 Å². The van der Waals surface area contributed by atoms with Crippen molar-refractivity contribution < 1.29 is 9.21 Å². The van der Waals surface area contributed by atoms with Crippen LogP contribution in [0.15, 0.2) is 59.2 Å². The maximum Gasteiger partial charge on any atom is 0.233 e. The number of thiazole rings is 1. The maximum absolute atomic E-state index is 13.3. The number of furan rings is 1. The number of hydrogen-bond donors (Lipinski definition) is 0. The van der Waals surface area contributed by atoms with E-state index in [2.05, 4.69) is 52.0 Å². The summed E-state index contributed by atoms with van der Waals surface area (Å²) in [6.07, 6.45) is 1.96. The third kappa shape index (κ3) is 4.31. The summed E-state index contributed by atoms with van der Waals surface area (Å²) in [5.74, 6) is 1.22. The van der Waals surface area contributed by atoms with Crippen LogP contribution in [0.25, 0.3) is 10.2 Å². The Hall–Kier alpha value is -2.92. The Morgan fingerprint density at radius 2 is 1.83 bits per heavy atom. The van der Waals surface area contributed by atoms with Crippen LogP contribution in [0.5, 0.6) is 0 Å². The van der Waals surface area contributed by atoms with Gasteiger partial charge in [0, 0.05) is 0 Å². The van der Waals surface area contributed by atoms with E-state index in [1.54, 1.807) is 22.5 Å². The number of nitrogens with zero attached hydrogens (tertiary/aromatic N) is 2.